The maximum absolute atomic E-state index is 12.1. The van der Waals surface area contributed by atoms with Gasteiger partial charge in [0.05, 0.1) is 19.1 Å². The van der Waals surface area contributed by atoms with Crippen molar-refractivity contribution in [2.24, 2.45) is 0 Å². The molecule has 0 aromatic carbocycles. The van der Waals surface area contributed by atoms with Gasteiger partial charge < -0.3 is 20.1 Å². The minimum Gasteiger partial charge on any atom is -0.545 e. The van der Waals surface area contributed by atoms with E-state index in [2.05, 4.69) is 17.3 Å². The summed E-state index contributed by atoms with van der Waals surface area (Å²) in [5.41, 5.74) is 0.0820. The van der Waals surface area contributed by atoms with Crippen LogP contribution >= 0.6 is 11.3 Å². The summed E-state index contributed by atoms with van der Waals surface area (Å²) in [5.74, 6) is -1.38. The molecule has 0 spiro atoms. The highest BCUT2D eigenvalue weighted by Crippen LogP contribution is 2.27. The van der Waals surface area contributed by atoms with E-state index in [1.165, 1.54) is 16.2 Å². The van der Waals surface area contributed by atoms with Crippen LogP contribution in [0.4, 0.5) is 5.00 Å². The molecule has 21 heavy (non-hydrogen) atoms. The van der Waals surface area contributed by atoms with E-state index in [0.717, 1.165) is 37.5 Å². The molecule has 0 saturated carbocycles. The van der Waals surface area contributed by atoms with E-state index in [-0.39, 0.29) is 11.5 Å². The second kappa shape index (κ2) is 7.02. The molecule has 2 N–H and O–H groups in total. The standard InChI is InChI=1S/C14H21N3O3S/c1-3-10-8-11(14(19)20)13(21-10)15-12(18)9-17-6-4-16(2)5-7-17/h8H,3-7,9H2,1-2H3,(H,15,18)(H,19,20). The van der Waals surface area contributed by atoms with Gasteiger partial charge in [-0.25, -0.2) is 0 Å². The zero-order valence-corrected chi connectivity index (χ0v) is 13.2. The highest BCUT2D eigenvalue weighted by Gasteiger charge is 2.21. The van der Waals surface area contributed by atoms with Crippen LogP contribution in [0.5, 0.6) is 0 Å². The third-order valence-electron chi connectivity index (χ3n) is 3.71. The molecule has 1 aliphatic heterocycles. The third kappa shape index (κ3) is 4.26. The monoisotopic (exact) mass is 311 g/mol. The summed E-state index contributed by atoms with van der Waals surface area (Å²) in [6.07, 6.45) is 0.741. The van der Waals surface area contributed by atoms with Gasteiger partial charge in [-0.2, -0.15) is 0 Å². The van der Waals surface area contributed by atoms with Crippen molar-refractivity contribution >= 4 is 28.2 Å². The summed E-state index contributed by atoms with van der Waals surface area (Å²) < 4.78 is 0. The number of carboxylic acid groups (broad SMARTS) is 1. The van der Waals surface area contributed by atoms with Crippen molar-refractivity contribution in [3.8, 4) is 0 Å². The zero-order chi connectivity index (χ0) is 15.4. The number of aromatic carboxylic acids is 1. The molecule has 2 rings (SSSR count). The Hall–Kier alpha value is -1.44. The van der Waals surface area contributed by atoms with E-state index >= 15 is 0 Å². The first-order chi connectivity index (χ1) is 9.99. The quantitative estimate of drug-likeness (QED) is 0.690. The van der Waals surface area contributed by atoms with Crippen molar-refractivity contribution < 1.29 is 19.6 Å². The van der Waals surface area contributed by atoms with Crippen molar-refractivity contribution in [3.05, 3.63) is 16.5 Å². The number of carboxylic acids is 1. The largest absolute Gasteiger partial charge is 0.545 e. The van der Waals surface area contributed by atoms with Gasteiger partial charge in [-0.3, -0.25) is 9.69 Å². The van der Waals surface area contributed by atoms with Crippen LogP contribution in [0, 0.1) is 0 Å². The summed E-state index contributed by atoms with van der Waals surface area (Å²) in [7, 11) is 2.07. The number of quaternary nitrogens is 1. The molecule has 2 heterocycles. The number of rotatable bonds is 5. The first-order valence-corrected chi connectivity index (χ1v) is 7.97. The number of hydrogen-bond acceptors (Lipinski definition) is 5. The predicted octanol–water partition coefficient (Wildman–Crippen LogP) is -1.56. The number of carbonyl (C=O) groups is 2. The topological polar surface area (TPSA) is 76.9 Å². The maximum Gasteiger partial charge on any atom is 0.280 e. The van der Waals surface area contributed by atoms with E-state index in [0.29, 0.717) is 11.5 Å². The lowest BCUT2D eigenvalue weighted by Gasteiger charge is -2.29. The Morgan fingerprint density at radius 2 is 2.10 bits per heavy atom. The summed E-state index contributed by atoms with van der Waals surface area (Å²) in [6, 6.07) is 1.58. The van der Waals surface area contributed by atoms with E-state index in [9.17, 15) is 14.7 Å². The van der Waals surface area contributed by atoms with Crippen LogP contribution in [0.3, 0.4) is 0 Å². The fraction of sp³-hybridized carbons (Fsp3) is 0.571. The summed E-state index contributed by atoms with van der Waals surface area (Å²) >= 11 is 1.31. The van der Waals surface area contributed by atoms with Gasteiger partial charge in [0.25, 0.3) is 5.91 Å². The molecule has 0 bridgehead atoms. The molecule has 1 aromatic rings. The van der Waals surface area contributed by atoms with Gasteiger partial charge in [-0.15, -0.1) is 11.3 Å². The number of carbonyl (C=O) groups excluding carboxylic acids is 2. The second-order valence-corrected chi connectivity index (χ2v) is 6.51. The van der Waals surface area contributed by atoms with Gasteiger partial charge in [0, 0.05) is 23.5 Å². The van der Waals surface area contributed by atoms with Crippen LogP contribution < -0.4 is 15.3 Å². The molecular weight excluding hydrogens is 290 g/mol. The molecule has 116 valence electrons. The first-order valence-electron chi connectivity index (χ1n) is 7.15. The van der Waals surface area contributed by atoms with Crippen LogP contribution in [0.2, 0.25) is 0 Å². The van der Waals surface area contributed by atoms with Crippen LogP contribution in [0.1, 0.15) is 22.2 Å². The lowest BCUT2D eigenvalue weighted by molar-refractivity contribution is -0.896. The van der Waals surface area contributed by atoms with E-state index in [1.807, 2.05) is 6.92 Å². The number of thiophene rings is 1. The number of amides is 1. The third-order valence-corrected chi connectivity index (χ3v) is 4.90. The summed E-state index contributed by atoms with van der Waals surface area (Å²) in [6.45, 7) is 6.15. The van der Waals surface area contributed by atoms with Crippen LogP contribution in [-0.4, -0.2) is 56.5 Å². The Balaban J connectivity index is 1.96. The van der Waals surface area contributed by atoms with Crippen molar-refractivity contribution in [3.63, 3.8) is 0 Å². The Bertz CT molecular complexity index is 522. The lowest BCUT2D eigenvalue weighted by Crippen LogP contribution is -3.15. The summed E-state index contributed by atoms with van der Waals surface area (Å²) in [5, 5.41) is 14.2. The average molecular weight is 311 g/mol. The molecule has 7 heteroatoms. The van der Waals surface area contributed by atoms with Crippen molar-refractivity contribution in [1.29, 1.82) is 0 Å². The summed E-state index contributed by atoms with van der Waals surface area (Å²) in [4.78, 5) is 27.6. The highest BCUT2D eigenvalue weighted by molar-refractivity contribution is 7.16. The number of nitrogens with zero attached hydrogens (tertiary/aromatic N) is 1. The molecule has 1 aliphatic rings. The molecular formula is C14H21N3O3S. The number of nitrogens with one attached hydrogen (secondary N) is 2. The van der Waals surface area contributed by atoms with Gasteiger partial charge >= 0.3 is 0 Å². The molecule has 6 nitrogen and oxygen atoms in total. The molecule has 1 aromatic heterocycles. The zero-order valence-electron chi connectivity index (χ0n) is 12.4. The lowest BCUT2D eigenvalue weighted by atomic mass is 10.2. The van der Waals surface area contributed by atoms with Gasteiger partial charge in [0.15, 0.2) is 6.54 Å². The Labute approximate surface area is 128 Å². The average Bonchev–Trinajstić information content (AvgIpc) is 2.84. The minimum atomic E-state index is -1.24. The maximum atomic E-state index is 12.1. The van der Waals surface area contributed by atoms with E-state index < -0.39 is 5.97 Å². The fourth-order valence-electron chi connectivity index (χ4n) is 2.37. The van der Waals surface area contributed by atoms with Gasteiger partial charge in [-0.05, 0) is 19.5 Å². The van der Waals surface area contributed by atoms with Gasteiger partial charge in [0.2, 0.25) is 0 Å². The van der Waals surface area contributed by atoms with Gasteiger partial charge in [-0.1, -0.05) is 6.92 Å². The molecule has 1 saturated heterocycles. The fourth-order valence-corrected chi connectivity index (χ4v) is 3.37. The number of anilines is 1. The molecule has 1 fully saturated rings. The Morgan fingerprint density at radius 1 is 1.43 bits per heavy atom. The van der Waals surface area contributed by atoms with E-state index in [1.54, 1.807) is 6.07 Å². The van der Waals surface area contributed by atoms with Crippen LogP contribution in [0.15, 0.2) is 6.07 Å². The van der Waals surface area contributed by atoms with Crippen LogP contribution in [0.25, 0.3) is 0 Å². The Kier molecular flexibility index (Phi) is 5.33. The predicted molar refractivity (Wildman–Crippen MR) is 79.7 cm³/mol. The molecule has 0 radical (unpaired) electrons. The van der Waals surface area contributed by atoms with Crippen molar-refractivity contribution in [2.75, 3.05) is 45.1 Å². The number of aryl methyl sites for hydroxylation is 1. The number of piperazine rings is 1. The Morgan fingerprint density at radius 3 is 2.67 bits per heavy atom. The second-order valence-electron chi connectivity index (χ2n) is 5.37. The molecule has 1 amide bonds. The molecule has 0 aliphatic carbocycles. The first kappa shape index (κ1) is 15.9. The molecule has 0 atom stereocenters. The normalized spacial score (nSPS) is 16.9. The van der Waals surface area contributed by atoms with Gasteiger partial charge in [0.1, 0.15) is 5.00 Å². The van der Waals surface area contributed by atoms with Crippen molar-refractivity contribution in [1.82, 2.24) is 4.90 Å². The van der Waals surface area contributed by atoms with E-state index in [4.69, 9.17) is 0 Å². The van der Waals surface area contributed by atoms with Crippen molar-refractivity contribution in [2.45, 2.75) is 13.3 Å². The van der Waals surface area contributed by atoms with Crippen LogP contribution in [-0.2, 0) is 11.2 Å². The minimum absolute atomic E-state index is 0.0820. The smallest absolute Gasteiger partial charge is 0.280 e. The highest BCUT2D eigenvalue weighted by atomic mass is 32.1. The number of likely N-dealkylation sites (N-methyl/N-ethyl adjacent to an activating group) is 1. The number of hydrogen-bond donors (Lipinski definition) is 2. The molecule has 0 unspecified atom stereocenters. The SMILES string of the molecule is CCc1cc(C(=O)[O-])c(NC(=O)C[NH+]2CCN(C)CC2)s1.